The molecule has 1 amide bonds. The number of amides is 1. The van der Waals surface area contributed by atoms with Crippen molar-refractivity contribution in [3.8, 4) is 0 Å². The van der Waals surface area contributed by atoms with E-state index in [0.29, 0.717) is 0 Å². The molecule has 0 bridgehead atoms. The third kappa shape index (κ3) is 2.53. The Kier molecular flexibility index (Phi) is 3.24. The van der Waals surface area contributed by atoms with Crippen molar-refractivity contribution in [3.05, 3.63) is 67.1 Å². The number of benzene rings is 2. The zero-order chi connectivity index (χ0) is 15.6. The summed E-state index contributed by atoms with van der Waals surface area (Å²) in [5.41, 5.74) is 3.34. The molecule has 0 fully saturated rings. The molecule has 5 heteroatoms. The van der Waals surface area contributed by atoms with E-state index in [4.69, 9.17) is 0 Å². The van der Waals surface area contributed by atoms with Gasteiger partial charge in [0, 0.05) is 11.6 Å². The summed E-state index contributed by atoms with van der Waals surface area (Å²) in [5, 5.41) is 3.94. The van der Waals surface area contributed by atoms with Gasteiger partial charge in [0.15, 0.2) is 0 Å². The van der Waals surface area contributed by atoms with Crippen LogP contribution < -0.4 is 5.32 Å². The number of aromatic nitrogens is 3. The van der Waals surface area contributed by atoms with E-state index < -0.39 is 0 Å². The summed E-state index contributed by atoms with van der Waals surface area (Å²) in [6.07, 6.45) is 3.41. The van der Waals surface area contributed by atoms with E-state index >= 15 is 0 Å². The van der Waals surface area contributed by atoms with Gasteiger partial charge in [0.2, 0.25) is 5.91 Å². The molecule has 1 N–H and O–H groups in total. The number of hydrogen-bond acceptors (Lipinski definition) is 3. The van der Waals surface area contributed by atoms with Gasteiger partial charge in [-0.25, -0.2) is 4.98 Å². The van der Waals surface area contributed by atoms with E-state index in [0.717, 1.165) is 27.6 Å². The van der Waals surface area contributed by atoms with Crippen LogP contribution in [0, 0.1) is 0 Å². The second-order valence-electron chi connectivity index (χ2n) is 5.29. The number of carbonyl (C=O) groups is 1. The molecular formula is C18H14N4O. The molecule has 0 unspecified atom stereocenters. The first kappa shape index (κ1) is 13.5. The number of imidazole rings is 1. The van der Waals surface area contributed by atoms with Crippen molar-refractivity contribution < 1.29 is 4.79 Å². The molecule has 0 saturated heterocycles. The molecule has 2 aromatic carbocycles. The molecule has 0 aliphatic rings. The van der Waals surface area contributed by atoms with E-state index in [1.54, 1.807) is 12.5 Å². The van der Waals surface area contributed by atoms with Crippen molar-refractivity contribution in [1.82, 2.24) is 14.5 Å². The number of rotatable bonds is 3. The van der Waals surface area contributed by atoms with Crippen molar-refractivity contribution in [2.75, 3.05) is 5.32 Å². The maximum absolute atomic E-state index is 12.4. The van der Waals surface area contributed by atoms with Crippen LogP contribution in [-0.4, -0.2) is 20.4 Å². The number of nitrogens with one attached hydrogen (secondary N) is 1. The summed E-state index contributed by atoms with van der Waals surface area (Å²) in [6, 6.07) is 17.3. The van der Waals surface area contributed by atoms with Crippen LogP contribution in [0.1, 0.15) is 0 Å². The summed E-state index contributed by atoms with van der Waals surface area (Å²) in [6.45, 7) is 0.212. The normalized spacial score (nSPS) is 11.0. The molecule has 2 heterocycles. The van der Waals surface area contributed by atoms with Crippen molar-refractivity contribution in [3.63, 3.8) is 0 Å². The van der Waals surface area contributed by atoms with Crippen LogP contribution in [0.15, 0.2) is 67.1 Å². The molecular weight excluding hydrogens is 288 g/mol. The number of nitrogens with zero attached hydrogens (tertiary/aromatic N) is 3. The molecule has 2 aromatic heterocycles. The van der Waals surface area contributed by atoms with E-state index in [-0.39, 0.29) is 12.5 Å². The van der Waals surface area contributed by atoms with Gasteiger partial charge in [-0.1, -0.05) is 30.3 Å². The van der Waals surface area contributed by atoms with Gasteiger partial charge in [-0.2, -0.15) is 0 Å². The minimum atomic E-state index is -0.105. The molecule has 0 radical (unpaired) electrons. The van der Waals surface area contributed by atoms with Gasteiger partial charge >= 0.3 is 0 Å². The lowest BCUT2D eigenvalue weighted by Gasteiger charge is -2.09. The quantitative estimate of drug-likeness (QED) is 0.632. The first-order chi connectivity index (χ1) is 11.3. The molecule has 0 saturated carbocycles. The number of anilines is 1. The van der Waals surface area contributed by atoms with Gasteiger partial charge in [0.25, 0.3) is 0 Å². The molecule has 0 aliphatic carbocycles. The SMILES string of the molecule is O=C(Cn1cnc2ccccc21)Nc1cccc2cccnc12. The Morgan fingerprint density at radius 1 is 1.00 bits per heavy atom. The Labute approximate surface area is 132 Å². The Morgan fingerprint density at radius 3 is 2.83 bits per heavy atom. The number of para-hydroxylation sites is 3. The van der Waals surface area contributed by atoms with Gasteiger partial charge < -0.3 is 9.88 Å². The standard InChI is InChI=1S/C18H14N4O/c23-17(11-22-12-20-14-7-1-2-9-16(14)22)21-15-8-3-5-13-6-4-10-19-18(13)15/h1-10,12H,11H2,(H,21,23). The molecule has 4 aromatic rings. The second kappa shape index (κ2) is 5.53. The fourth-order valence-corrected chi connectivity index (χ4v) is 2.69. The summed E-state index contributed by atoms with van der Waals surface area (Å²) in [7, 11) is 0. The number of fused-ring (bicyclic) bond motifs is 2. The number of pyridine rings is 1. The fraction of sp³-hybridized carbons (Fsp3) is 0.0556. The Morgan fingerprint density at radius 2 is 1.87 bits per heavy atom. The lowest BCUT2D eigenvalue weighted by atomic mass is 10.2. The highest BCUT2D eigenvalue weighted by Gasteiger charge is 2.09. The minimum Gasteiger partial charge on any atom is -0.323 e. The van der Waals surface area contributed by atoms with Gasteiger partial charge in [-0.3, -0.25) is 9.78 Å². The van der Waals surface area contributed by atoms with Crippen LogP contribution in [0.4, 0.5) is 5.69 Å². The Balaban J connectivity index is 1.60. The van der Waals surface area contributed by atoms with Gasteiger partial charge in [-0.05, 0) is 24.3 Å². The molecule has 0 spiro atoms. The summed E-state index contributed by atoms with van der Waals surface area (Å²) < 4.78 is 1.84. The van der Waals surface area contributed by atoms with Gasteiger partial charge in [-0.15, -0.1) is 0 Å². The highest BCUT2D eigenvalue weighted by atomic mass is 16.1. The van der Waals surface area contributed by atoms with Crippen LogP contribution >= 0.6 is 0 Å². The zero-order valence-electron chi connectivity index (χ0n) is 12.3. The number of carbonyl (C=O) groups excluding carboxylic acids is 1. The zero-order valence-corrected chi connectivity index (χ0v) is 12.3. The highest BCUT2D eigenvalue weighted by Crippen LogP contribution is 2.20. The highest BCUT2D eigenvalue weighted by molar-refractivity contribution is 6.00. The van der Waals surface area contributed by atoms with E-state index in [9.17, 15) is 4.79 Å². The topological polar surface area (TPSA) is 59.8 Å². The van der Waals surface area contributed by atoms with Crippen LogP contribution in [0.3, 0.4) is 0 Å². The molecule has 5 nitrogen and oxygen atoms in total. The minimum absolute atomic E-state index is 0.105. The first-order valence-electron chi connectivity index (χ1n) is 7.35. The van der Waals surface area contributed by atoms with Crippen LogP contribution in [0.5, 0.6) is 0 Å². The third-order valence-electron chi connectivity index (χ3n) is 3.75. The Bertz CT molecular complexity index is 1000. The Hall–Kier alpha value is -3.21. The monoisotopic (exact) mass is 302 g/mol. The van der Waals surface area contributed by atoms with Crippen LogP contribution in [-0.2, 0) is 11.3 Å². The van der Waals surface area contributed by atoms with E-state index in [1.807, 2.05) is 59.2 Å². The third-order valence-corrected chi connectivity index (χ3v) is 3.75. The molecule has 4 rings (SSSR count). The van der Waals surface area contributed by atoms with Crippen LogP contribution in [0.25, 0.3) is 21.9 Å². The van der Waals surface area contributed by atoms with Gasteiger partial charge in [0.1, 0.15) is 6.54 Å². The lowest BCUT2D eigenvalue weighted by Crippen LogP contribution is -2.18. The van der Waals surface area contributed by atoms with E-state index in [2.05, 4.69) is 15.3 Å². The number of hydrogen-bond donors (Lipinski definition) is 1. The molecule has 0 aliphatic heterocycles. The maximum atomic E-state index is 12.4. The molecule has 0 atom stereocenters. The smallest absolute Gasteiger partial charge is 0.244 e. The van der Waals surface area contributed by atoms with Crippen molar-refractivity contribution >= 4 is 33.5 Å². The predicted molar refractivity (Wildman–Crippen MR) is 90.1 cm³/mol. The van der Waals surface area contributed by atoms with Crippen molar-refractivity contribution in [1.29, 1.82) is 0 Å². The lowest BCUT2D eigenvalue weighted by molar-refractivity contribution is -0.116. The van der Waals surface area contributed by atoms with Gasteiger partial charge in [0.05, 0.1) is 28.6 Å². The second-order valence-corrected chi connectivity index (χ2v) is 5.29. The van der Waals surface area contributed by atoms with Crippen molar-refractivity contribution in [2.45, 2.75) is 6.54 Å². The van der Waals surface area contributed by atoms with Crippen LogP contribution in [0.2, 0.25) is 0 Å². The summed E-state index contributed by atoms with van der Waals surface area (Å²) in [5.74, 6) is -0.105. The predicted octanol–water partition coefficient (Wildman–Crippen LogP) is 3.22. The largest absolute Gasteiger partial charge is 0.323 e. The summed E-state index contributed by atoms with van der Waals surface area (Å²) >= 11 is 0. The molecule has 23 heavy (non-hydrogen) atoms. The fourth-order valence-electron chi connectivity index (χ4n) is 2.69. The summed E-state index contributed by atoms with van der Waals surface area (Å²) in [4.78, 5) is 21.0. The first-order valence-corrected chi connectivity index (χ1v) is 7.35. The average molecular weight is 302 g/mol. The molecule has 112 valence electrons. The van der Waals surface area contributed by atoms with E-state index in [1.165, 1.54) is 0 Å². The maximum Gasteiger partial charge on any atom is 0.244 e. The average Bonchev–Trinajstić information content (AvgIpc) is 2.98. The van der Waals surface area contributed by atoms with Crippen molar-refractivity contribution in [2.24, 2.45) is 0 Å².